The first-order valence-electron chi connectivity index (χ1n) is 7.46. The van der Waals surface area contributed by atoms with Gasteiger partial charge in [0.25, 0.3) is 5.56 Å². The summed E-state index contributed by atoms with van der Waals surface area (Å²) < 4.78 is 2.22. The summed E-state index contributed by atoms with van der Waals surface area (Å²) in [4.78, 5) is 24.1. The van der Waals surface area contributed by atoms with Gasteiger partial charge in [-0.2, -0.15) is 5.26 Å². The maximum Gasteiger partial charge on any atom is 0.332 e. The lowest BCUT2D eigenvalue weighted by molar-refractivity contribution is 0.678. The Balaban J connectivity index is 2.45. The molecule has 1 aromatic heterocycles. The van der Waals surface area contributed by atoms with Gasteiger partial charge >= 0.3 is 5.69 Å². The molecule has 0 radical (unpaired) electrons. The second-order valence-corrected chi connectivity index (χ2v) is 5.50. The molecule has 1 aromatic carbocycles. The molecule has 0 fully saturated rings. The SMILES string of the molecule is CCc1ccc(C(C)Nc2c(C#N)c(=O)n(C)c(=O)n2C)cc1. The van der Waals surface area contributed by atoms with E-state index in [9.17, 15) is 14.9 Å². The molecule has 0 amide bonds. The van der Waals surface area contributed by atoms with Gasteiger partial charge in [0.1, 0.15) is 11.9 Å². The third-order valence-corrected chi connectivity index (χ3v) is 4.02. The molecule has 1 unspecified atom stereocenters. The highest BCUT2D eigenvalue weighted by molar-refractivity contribution is 5.52. The van der Waals surface area contributed by atoms with E-state index in [4.69, 9.17) is 0 Å². The number of rotatable bonds is 4. The van der Waals surface area contributed by atoms with Gasteiger partial charge in [0, 0.05) is 20.1 Å². The van der Waals surface area contributed by atoms with Gasteiger partial charge in [-0.15, -0.1) is 0 Å². The molecule has 6 nitrogen and oxygen atoms in total. The van der Waals surface area contributed by atoms with Crippen LogP contribution in [0.25, 0.3) is 0 Å². The highest BCUT2D eigenvalue weighted by atomic mass is 16.2. The van der Waals surface area contributed by atoms with Crippen LogP contribution < -0.4 is 16.6 Å². The van der Waals surface area contributed by atoms with E-state index in [1.54, 1.807) is 0 Å². The molecule has 1 heterocycles. The third-order valence-electron chi connectivity index (χ3n) is 4.02. The van der Waals surface area contributed by atoms with Gasteiger partial charge in [0.05, 0.1) is 0 Å². The second kappa shape index (κ2) is 6.53. The zero-order chi connectivity index (χ0) is 17.1. The number of nitriles is 1. The predicted octanol–water partition coefficient (Wildman–Crippen LogP) is 1.69. The fourth-order valence-corrected chi connectivity index (χ4v) is 2.44. The van der Waals surface area contributed by atoms with Crippen molar-refractivity contribution in [1.82, 2.24) is 9.13 Å². The summed E-state index contributed by atoms with van der Waals surface area (Å²) in [5, 5.41) is 12.4. The van der Waals surface area contributed by atoms with Crippen molar-refractivity contribution in [1.29, 1.82) is 5.26 Å². The van der Waals surface area contributed by atoms with E-state index in [0.29, 0.717) is 0 Å². The number of aryl methyl sites for hydroxylation is 1. The topological polar surface area (TPSA) is 79.8 Å². The minimum Gasteiger partial charge on any atom is -0.364 e. The van der Waals surface area contributed by atoms with Crippen molar-refractivity contribution in [3.8, 4) is 6.07 Å². The number of nitrogens with one attached hydrogen (secondary N) is 1. The maximum absolute atomic E-state index is 12.1. The Morgan fingerprint density at radius 1 is 1.17 bits per heavy atom. The molecule has 120 valence electrons. The lowest BCUT2D eigenvalue weighted by atomic mass is 10.0. The molecule has 2 rings (SSSR count). The molecule has 6 heteroatoms. The molecular weight excluding hydrogens is 292 g/mol. The quantitative estimate of drug-likeness (QED) is 0.931. The highest BCUT2D eigenvalue weighted by Gasteiger charge is 2.17. The zero-order valence-electron chi connectivity index (χ0n) is 13.8. The molecule has 0 saturated heterocycles. The monoisotopic (exact) mass is 312 g/mol. The largest absolute Gasteiger partial charge is 0.364 e. The van der Waals surface area contributed by atoms with E-state index < -0.39 is 11.2 Å². The minimum atomic E-state index is -0.591. The number of nitrogens with zero attached hydrogens (tertiary/aromatic N) is 3. The Morgan fingerprint density at radius 2 is 1.78 bits per heavy atom. The summed E-state index contributed by atoms with van der Waals surface area (Å²) in [6.45, 7) is 4.01. The summed E-state index contributed by atoms with van der Waals surface area (Å²) in [7, 11) is 2.90. The molecular formula is C17H20N4O2. The first-order chi connectivity index (χ1) is 10.9. The van der Waals surface area contributed by atoms with E-state index >= 15 is 0 Å². The van der Waals surface area contributed by atoms with Crippen molar-refractivity contribution in [2.45, 2.75) is 26.3 Å². The Bertz CT molecular complexity index is 870. The first kappa shape index (κ1) is 16.6. The Hall–Kier alpha value is -2.81. The van der Waals surface area contributed by atoms with E-state index in [2.05, 4.69) is 12.2 Å². The smallest absolute Gasteiger partial charge is 0.332 e. The normalized spacial score (nSPS) is 11.8. The molecule has 0 bridgehead atoms. The molecule has 1 atom stereocenters. The summed E-state index contributed by atoms with van der Waals surface area (Å²) >= 11 is 0. The molecule has 1 N–H and O–H groups in total. The Kier molecular flexibility index (Phi) is 4.70. The zero-order valence-corrected chi connectivity index (χ0v) is 13.8. The van der Waals surface area contributed by atoms with Gasteiger partial charge in [-0.3, -0.25) is 13.9 Å². The molecule has 0 spiro atoms. The fourth-order valence-electron chi connectivity index (χ4n) is 2.44. The van der Waals surface area contributed by atoms with Gasteiger partial charge in [-0.05, 0) is 24.5 Å². The van der Waals surface area contributed by atoms with Crippen LogP contribution in [0.3, 0.4) is 0 Å². The van der Waals surface area contributed by atoms with Crippen molar-refractivity contribution in [3.05, 3.63) is 61.8 Å². The van der Waals surface area contributed by atoms with Crippen LogP contribution >= 0.6 is 0 Å². The summed E-state index contributed by atoms with van der Waals surface area (Å²) in [6.07, 6.45) is 0.962. The van der Waals surface area contributed by atoms with Gasteiger partial charge in [-0.25, -0.2) is 4.79 Å². The van der Waals surface area contributed by atoms with Gasteiger partial charge < -0.3 is 5.32 Å². The van der Waals surface area contributed by atoms with Crippen molar-refractivity contribution in [2.24, 2.45) is 14.1 Å². The third kappa shape index (κ3) is 3.04. The van der Waals surface area contributed by atoms with Crippen LogP contribution in [0.2, 0.25) is 0 Å². The van der Waals surface area contributed by atoms with Gasteiger partial charge in [-0.1, -0.05) is 31.2 Å². The summed E-state index contributed by atoms with van der Waals surface area (Å²) in [6, 6.07) is 9.83. The van der Waals surface area contributed by atoms with Crippen LogP contribution in [0.1, 0.15) is 36.6 Å². The van der Waals surface area contributed by atoms with Crippen molar-refractivity contribution in [3.63, 3.8) is 0 Å². The van der Waals surface area contributed by atoms with Crippen molar-refractivity contribution >= 4 is 5.82 Å². The second-order valence-electron chi connectivity index (χ2n) is 5.50. The fraction of sp³-hybridized carbons (Fsp3) is 0.353. The number of hydrogen-bond donors (Lipinski definition) is 1. The number of hydrogen-bond acceptors (Lipinski definition) is 4. The highest BCUT2D eigenvalue weighted by Crippen LogP contribution is 2.20. The lowest BCUT2D eigenvalue weighted by Crippen LogP contribution is -2.40. The predicted molar refractivity (Wildman–Crippen MR) is 89.5 cm³/mol. The average Bonchev–Trinajstić information content (AvgIpc) is 2.58. The van der Waals surface area contributed by atoms with Crippen LogP contribution in [0, 0.1) is 11.3 Å². The van der Waals surface area contributed by atoms with Crippen LogP contribution in [0.4, 0.5) is 5.82 Å². The molecule has 2 aromatic rings. The Morgan fingerprint density at radius 3 is 2.30 bits per heavy atom. The molecule has 0 aliphatic carbocycles. The van der Waals surface area contributed by atoms with E-state index in [1.165, 1.54) is 24.2 Å². The Labute approximate surface area is 134 Å². The van der Waals surface area contributed by atoms with Crippen LogP contribution in [-0.2, 0) is 20.5 Å². The van der Waals surface area contributed by atoms with Crippen LogP contribution in [0.15, 0.2) is 33.9 Å². The standard InChI is InChI=1S/C17H20N4O2/c1-5-12-6-8-13(9-7-12)11(2)19-15-14(10-18)16(22)21(4)17(23)20(15)3/h6-9,11,19H,5H2,1-4H3. The van der Waals surface area contributed by atoms with Gasteiger partial charge in [0.15, 0.2) is 5.56 Å². The molecule has 0 aliphatic rings. The van der Waals surface area contributed by atoms with Crippen molar-refractivity contribution in [2.75, 3.05) is 5.32 Å². The van der Waals surface area contributed by atoms with E-state index in [-0.39, 0.29) is 17.4 Å². The number of aromatic nitrogens is 2. The number of benzene rings is 1. The van der Waals surface area contributed by atoms with Crippen LogP contribution in [-0.4, -0.2) is 9.13 Å². The average molecular weight is 312 g/mol. The number of anilines is 1. The van der Waals surface area contributed by atoms with E-state index in [0.717, 1.165) is 16.6 Å². The molecule has 0 saturated carbocycles. The first-order valence-corrected chi connectivity index (χ1v) is 7.46. The molecule has 0 aliphatic heterocycles. The van der Waals surface area contributed by atoms with Crippen LogP contribution in [0.5, 0.6) is 0 Å². The van der Waals surface area contributed by atoms with Gasteiger partial charge in [0.2, 0.25) is 0 Å². The van der Waals surface area contributed by atoms with E-state index in [1.807, 2.05) is 37.3 Å². The maximum atomic E-state index is 12.1. The molecule has 23 heavy (non-hydrogen) atoms. The van der Waals surface area contributed by atoms with Crippen molar-refractivity contribution < 1.29 is 0 Å². The minimum absolute atomic E-state index is 0.0633. The lowest BCUT2D eigenvalue weighted by Gasteiger charge is -2.19. The summed E-state index contributed by atoms with van der Waals surface area (Å²) in [5.74, 6) is 0.243. The summed E-state index contributed by atoms with van der Waals surface area (Å²) in [5.41, 5.74) is 1.13.